The third-order valence-electron chi connectivity index (χ3n) is 6.01. The molecule has 0 amide bonds. The van der Waals surface area contributed by atoms with E-state index in [0.717, 1.165) is 44.5 Å². The van der Waals surface area contributed by atoms with Crippen molar-refractivity contribution in [2.24, 2.45) is 0 Å². The highest BCUT2D eigenvalue weighted by molar-refractivity contribution is 5.27. The summed E-state index contributed by atoms with van der Waals surface area (Å²) in [5.74, 6) is 0.333. The summed E-state index contributed by atoms with van der Waals surface area (Å²) < 4.78 is 23.6. The zero-order valence-electron chi connectivity index (χ0n) is 20.9. The topological polar surface area (TPSA) is 52.7 Å². The van der Waals surface area contributed by atoms with Gasteiger partial charge in [0.25, 0.3) is 0 Å². The SMILES string of the molecule is CCCOC1(OCCC)CC(C)(C)N(OCCc2ccc(OCC3CO3)cc2)C(C)(C)C1. The molecule has 6 nitrogen and oxygen atoms in total. The molecule has 0 aromatic heterocycles. The zero-order chi connectivity index (χ0) is 23.2. The van der Waals surface area contributed by atoms with Crippen molar-refractivity contribution >= 4 is 0 Å². The van der Waals surface area contributed by atoms with Gasteiger partial charge in [-0.05, 0) is 64.7 Å². The van der Waals surface area contributed by atoms with E-state index >= 15 is 0 Å². The Morgan fingerprint density at radius 3 is 1.97 bits per heavy atom. The Hall–Kier alpha value is -1.18. The second-order valence-electron chi connectivity index (χ2n) is 10.4. The Kier molecular flexibility index (Phi) is 8.61. The molecule has 2 fully saturated rings. The number of hydrogen-bond acceptors (Lipinski definition) is 6. The van der Waals surface area contributed by atoms with Crippen LogP contribution in [-0.4, -0.2) is 61.1 Å². The van der Waals surface area contributed by atoms with Crippen molar-refractivity contribution in [3.8, 4) is 5.75 Å². The minimum absolute atomic E-state index is 0.216. The van der Waals surface area contributed by atoms with E-state index in [4.69, 9.17) is 23.8 Å². The summed E-state index contributed by atoms with van der Waals surface area (Å²) >= 11 is 0. The first kappa shape index (κ1) is 25.4. The lowest BCUT2D eigenvalue weighted by atomic mass is 9.77. The second-order valence-corrected chi connectivity index (χ2v) is 10.4. The fraction of sp³-hybridized carbons (Fsp3) is 0.769. The number of nitrogens with zero attached hydrogens (tertiary/aromatic N) is 1. The molecule has 3 rings (SSSR count). The van der Waals surface area contributed by atoms with E-state index in [-0.39, 0.29) is 17.2 Å². The van der Waals surface area contributed by atoms with Crippen molar-refractivity contribution in [3.63, 3.8) is 0 Å². The van der Waals surface area contributed by atoms with E-state index in [1.54, 1.807) is 0 Å². The molecule has 0 N–H and O–H groups in total. The molecule has 182 valence electrons. The van der Waals surface area contributed by atoms with Crippen LogP contribution in [0.15, 0.2) is 24.3 Å². The van der Waals surface area contributed by atoms with Crippen LogP contribution in [0.25, 0.3) is 0 Å². The van der Waals surface area contributed by atoms with Crippen LogP contribution in [0.2, 0.25) is 0 Å². The summed E-state index contributed by atoms with van der Waals surface area (Å²) in [4.78, 5) is 6.41. The molecule has 0 aliphatic carbocycles. The van der Waals surface area contributed by atoms with Gasteiger partial charge >= 0.3 is 0 Å². The molecule has 0 saturated carbocycles. The summed E-state index contributed by atoms with van der Waals surface area (Å²) in [7, 11) is 0. The predicted molar refractivity (Wildman–Crippen MR) is 126 cm³/mol. The van der Waals surface area contributed by atoms with Crippen molar-refractivity contribution in [3.05, 3.63) is 29.8 Å². The molecule has 1 aromatic rings. The maximum Gasteiger partial charge on any atom is 0.171 e. The monoisotopic (exact) mass is 449 g/mol. The third-order valence-corrected chi connectivity index (χ3v) is 6.01. The lowest BCUT2D eigenvalue weighted by Crippen LogP contribution is -2.66. The van der Waals surface area contributed by atoms with Gasteiger partial charge in [-0.3, -0.25) is 4.84 Å². The summed E-state index contributed by atoms with van der Waals surface area (Å²) in [5.41, 5.74) is 0.803. The standard InChI is InChI=1S/C26H43NO5/c1-7-14-30-26(31-15-8-2)19-24(3,4)27(25(5,6)20-26)32-16-13-21-9-11-22(12-10-21)28-17-23-18-29-23/h9-12,23H,7-8,13-20H2,1-6H3. The van der Waals surface area contributed by atoms with E-state index < -0.39 is 5.79 Å². The van der Waals surface area contributed by atoms with Crippen LogP contribution < -0.4 is 4.74 Å². The van der Waals surface area contributed by atoms with E-state index in [0.29, 0.717) is 26.4 Å². The van der Waals surface area contributed by atoms with Crippen molar-refractivity contribution in [1.82, 2.24) is 5.06 Å². The van der Waals surface area contributed by atoms with Gasteiger partial charge in [0.05, 0.1) is 13.2 Å². The van der Waals surface area contributed by atoms with E-state index in [1.807, 2.05) is 12.1 Å². The van der Waals surface area contributed by atoms with Gasteiger partial charge in [0.1, 0.15) is 18.5 Å². The number of rotatable bonds is 13. The maximum atomic E-state index is 6.41. The lowest BCUT2D eigenvalue weighted by Gasteiger charge is -2.57. The smallest absolute Gasteiger partial charge is 0.171 e. The maximum absolute atomic E-state index is 6.41. The Morgan fingerprint density at radius 2 is 1.47 bits per heavy atom. The van der Waals surface area contributed by atoms with Crippen molar-refractivity contribution in [2.75, 3.05) is 33.0 Å². The van der Waals surface area contributed by atoms with Crippen LogP contribution >= 0.6 is 0 Å². The first-order chi connectivity index (χ1) is 15.2. The first-order valence-electron chi connectivity index (χ1n) is 12.2. The van der Waals surface area contributed by atoms with Gasteiger partial charge in [-0.1, -0.05) is 26.0 Å². The average Bonchev–Trinajstić information content (AvgIpc) is 3.56. The molecule has 1 atom stereocenters. The first-order valence-corrected chi connectivity index (χ1v) is 12.2. The molecular formula is C26H43NO5. The number of hydrogen-bond donors (Lipinski definition) is 0. The quantitative estimate of drug-likeness (QED) is 0.307. The van der Waals surface area contributed by atoms with E-state index in [1.165, 1.54) is 5.56 Å². The number of benzene rings is 1. The van der Waals surface area contributed by atoms with Gasteiger partial charge in [0.2, 0.25) is 0 Å². The van der Waals surface area contributed by atoms with Crippen LogP contribution in [-0.2, 0) is 25.5 Å². The van der Waals surface area contributed by atoms with Gasteiger partial charge in [0.15, 0.2) is 5.79 Å². The normalized spacial score (nSPS) is 23.8. The number of piperidine rings is 1. The lowest BCUT2D eigenvalue weighted by molar-refractivity contribution is -0.356. The fourth-order valence-corrected chi connectivity index (χ4v) is 4.88. The number of epoxide rings is 1. The van der Waals surface area contributed by atoms with E-state index in [2.05, 4.69) is 58.7 Å². The molecule has 0 radical (unpaired) electrons. The summed E-state index contributed by atoms with van der Waals surface area (Å²) in [6.07, 6.45) is 4.64. The minimum atomic E-state index is -0.555. The van der Waals surface area contributed by atoms with Crippen LogP contribution in [0.5, 0.6) is 5.75 Å². The average molecular weight is 450 g/mol. The molecule has 0 bridgehead atoms. The number of ether oxygens (including phenoxy) is 4. The van der Waals surface area contributed by atoms with Gasteiger partial charge < -0.3 is 18.9 Å². The van der Waals surface area contributed by atoms with Crippen LogP contribution in [0.1, 0.15) is 72.8 Å². The number of hydroxylamine groups is 2. The summed E-state index contributed by atoms with van der Waals surface area (Å²) in [5, 5.41) is 2.18. The largest absolute Gasteiger partial charge is 0.491 e. The van der Waals surface area contributed by atoms with E-state index in [9.17, 15) is 0 Å². The van der Waals surface area contributed by atoms with Crippen molar-refractivity contribution in [1.29, 1.82) is 0 Å². The zero-order valence-corrected chi connectivity index (χ0v) is 20.9. The molecule has 0 spiro atoms. The molecule has 2 saturated heterocycles. The van der Waals surface area contributed by atoms with Crippen molar-refractivity contribution < 1.29 is 23.8 Å². The molecule has 1 aromatic carbocycles. The molecule has 32 heavy (non-hydrogen) atoms. The highest BCUT2D eigenvalue weighted by Crippen LogP contribution is 2.46. The summed E-state index contributed by atoms with van der Waals surface area (Å²) in [6, 6.07) is 8.27. The van der Waals surface area contributed by atoms with Crippen LogP contribution in [0.4, 0.5) is 0 Å². The second kappa shape index (κ2) is 10.8. The fourth-order valence-electron chi connectivity index (χ4n) is 4.88. The Morgan fingerprint density at radius 1 is 0.906 bits per heavy atom. The third kappa shape index (κ3) is 6.91. The minimum Gasteiger partial charge on any atom is -0.491 e. The Balaban J connectivity index is 1.57. The van der Waals surface area contributed by atoms with Crippen LogP contribution in [0.3, 0.4) is 0 Å². The molecular weight excluding hydrogens is 406 g/mol. The predicted octanol–water partition coefficient (Wildman–Crippen LogP) is 5.14. The van der Waals surface area contributed by atoms with Gasteiger partial charge in [0, 0.05) is 37.1 Å². The molecule has 6 heteroatoms. The molecule has 2 aliphatic rings. The van der Waals surface area contributed by atoms with Gasteiger partial charge in [-0.2, -0.15) is 5.06 Å². The highest BCUT2D eigenvalue weighted by atomic mass is 16.7. The molecule has 1 unspecified atom stereocenters. The molecule has 2 heterocycles. The Labute approximate surface area is 194 Å². The molecule has 2 aliphatic heterocycles. The van der Waals surface area contributed by atoms with Gasteiger partial charge in [-0.25, -0.2) is 0 Å². The van der Waals surface area contributed by atoms with Gasteiger partial charge in [-0.15, -0.1) is 0 Å². The summed E-state index contributed by atoms with van der Waals surface area (Å²) in [6.45, 7) is 16.7. The highest BCUT2D eigenvalue weighted by Gasteiger charge is 2.54. The Bertz CT molecular complexity index is 671. The van der Waals surface area contributed by atoms with Crippen LogP contribution in [0, 0.1) is 0 Å². The van der Waals surface area contributed by atoms with Crippen molar-refractivity contribution in [2.45, 2.75) is 96.6 Å².